The Morgan fingerprint density at radius 3 is 2.65 bits per heavy atom. The van der Waals surface area contributed by atoms with Gasteiger partial charge < -0.3 is 5.32 Å². The van der Waals surface area contributed by atoms with E-state index in [0.29, 0.717) is 11.2 Å². The van der Waals surface area contributed by atoms with Crippen molar-refractivity contribution in [1.82, 2.24) is 0 Å². The Hall–Kier alpha value is -1.63. The number of thioether (sulfide) groups is 1. The summed E-state index contributed by atoms with van der Waals surface area (Å²) in [7, 11) is 0. The van der Waals surface area contributed by atoms with Crippen molar-refractivity contribution in [2.45, 2.75) is 96.3 Å². The van der Waals surface area contributed by atoms with E-state index in [1.54, 1.807) is 5.57 Å². The summed E-state index contributed by atoms with van der Waals surface area (Å²) in [5.74, 6) is 1.38. The predicted molar refractivity (Wildman–Crippen MR) is 142 cm³/mol. The smallest absolute Gasteiger partial charge is 0.0505 e. The summed E-state index contributed by atoms with van der Waals surface area (Å²) >= 11 is 1.94. The Balaban J connectivity index is 1.98. The number of nitrogens with one attached hydrogen (secondary N) is 1. The van der Waals surface area contributed by atoms with Crippen LogP contribution in [0.4, 0.5) is 5.69 Å². The SMILES string of the molecule is C=C=CC(Sc1ccc2c(c1)C(C)=CC(C)(C)N2)C(C)CC/C=C(\C)CCCC(C)C. The summed E-state index contributed by atoms with van der Waals surface area (Å²) in [5.41, 5.74) is 8.51. The van der Waals surface area contributed by atoms with Crippen molar-refractivity contribution in [2.75, 3.05) is 5.32 Å². The van der Waals surface area contributed by atoms with Gasteiger partial charge in [0.15, 0.2) is 0 Å². The number of rotatable bonds is 11. The Kier molecular flexibility index (Phi) is 9.79. The molecule has 0 aliphatic carbocycles. The maximum atomic E-state index is 3.85. The summed E-state index contributed by atoms with van der Waals surface area (Å²) < 4.78 is 0. The Labute approximate surface area is 196 Å². The third-order valence-electron chi connectivity index (χ3n) is 6.03. The maximum absolute atomic E-state index is 3.85. The number of allylic oxidation sites excluding steroid dienone is 3. The molecule has 0 radical (unpaired) electrons. The van der Waals surface area contributed by atoms with E-state index in [0.717, 1.165) is 12.3 Å². The molecular weight excluding hydrogens is 394 g/mol. The Morgan fingerprint density at radius 2 is 1.97 bits per heavy atom. The van der Waals surface area contributed by atoms with Gasteiger partial charge in [-0.05, 0) is 95.1 Å². The minimum Gasteiger partial charge on any atom is -0.376 e. The molecule has 170 valence electrons. The normalized spacial score (nSPS) is 17.3. The molecule has 0 saturated heterocycles. The predicted octanol–water partition coefficient (Wildman–Crippen LogP) is 9.28. The minimum absolute atomic E-state index is 0.00874. The highest BCUT2D eigenvalue weighted by atomic mass is 32.2. The number of benzene rings is 1. The molecule has 0 spiro atoms. The van der Waals surface area contributed by atoms with Crippen LogP contribution in [0.2, 0.25) is 0 Å². The molecule has 1 heterocycles. The van der Waals surface area contributed by atoms with Gasteiger partial charge in [0.2, 0.25) is 0 Å². The van der Waals surface area contributed by atoms with Crippen molar-refractivity contribution in [3.8, 4) is 0 Å². The van der Waals surface area contributed by atoms with Crippen LogP contribution in [0.25, 0.3) is 5.57 Å². The first-order valence-electron chi connectivity index (χ1n) is 11.9. The van der Waals surface area contributed by atoms with Gasteiger partial charge in [-0.25, -0.2) is 0 Å². The quantitative estimate of drug-likeness (QED) is 0.210. The van der Waals surface area contributed by atoms with Gasteiger partial charge in [0.1, 0.15) is 0 Å². The zero-order valence-electron chi connectivity index (χ0n) is 20.8. The van der Waals surface area contributed by atoms with Gasteiger partial charge in [0.05, 0.1) is 5.54 Å². The van der Waals surface area contributed by atoms with Crippen LogP contribution in [0.1, 0.15) is 86.1 Å². The average molecular weight is 438 g/mol. The van der Waals surface area contributed by atoms with Gasteiger partial charge >= 0.3 is 0 Å². The molecule has 1 N–H and O–H groups in total. The molecule has 1 aromatic carbocycles. The lowest BCUT2D eigenvalue weighted by Crippen LogP contribution is -2.31. The van der Waals surface area contributed by atoms with Crippen molar-refractivity contribution < 1.29 is 0 Å². The van der Waals surface area contributed by atoms with E-state index in [-0.39, 0.29) is 5.54 Å². The van der Waals surface area contributed by atoms with Gasteiger partial charge in [-0.2, -0.15) is 0 Å². The Morgan fingerprint density at radius 1 is 1.23 bits per heavy atom. The number of hydrogen-bond acceptors (Lipinski definition) is 2. The fourth-order valence-electron chi connectivity index (χ4n) is 4.27. The van der Waals surface area contributed by atoms with E-state index >= 15 is 0 Å². The van der Waals surface area contributed by atoms with E-state index in [1.807, 2.05) is 11.8 Å². The van der Waals surface area contributed by atoms with Crippen LogP contribution in [0.15, 0.2) is 59.2 Å². The second-order valence-corrected chi connectivity index (χ2v) is 11.5. The second kappa shape index (κ2) is 11.8. The van der Waals surface area contributed by atoms with E-state index < -0.39 is 0 Å². The minimum atomic E-state index is 0.00874. The molecule has 1 nitrogen and oxygen atoms in total. The average Bonchev–Trinajstić information content (AvgIpc) is 2.67. The topological polar surface area (TPSA) is 12.0 Å². The van der Waals surface area contributed by atoms with Crippen LogP contribution in [-0.4, -0.2) is 10.8 Å². The zero-order valence-corrected chi connectivity index (χ0v) is 21.7. The highest BCUT2D eigenvalue weighted by molar-refractivity contribution is 8.00. The summed E-state index contributed by atoms with van der Waals surface area (Å²) in [6.45, 7) is 19.8. The molecule has 2 unspecified atom stereocenters. The second-order valence-electron chi connectivity index (χ2n) is 10.2. The van der Waals surface area contributed by atoms with Crippen LogP contribution in [0.3, 0.4) is 0 Å². The number of anilines is 1. The summed E-state index contributed by atoms with van der Waals surface area (Å²) in [4.78, 5) is 1.32. The van der Waals surface area contributed by atoms with Crippen LogP contribution in [0, 0.1) is 11.8 Å². The van der Waals surface area contributed by atoms with Crippen molar-refractivity contribution >= 4 is 23.0 Å². The zero-order chi connectivity index (χ0) is 23.0. The van der Waals surface area contributed by atoms with Crippen LogP contribution in [0.5, 0.6) is 0 Å². The fourth-order valence-corrected chi connectivity index (χ4v) is 5.45. The molecule has 0 saturated carbocycles. The van der Waals surface area contributed by atoms with E-state index in [1.165, 1.54) is 47.4 Å². The lowest BCUT2D eigenvalue weighted by Gasteiger charge is -2.31. The fraction of sp³-hybridized carbons (Fsp3) is 0.552. The largest absolute Gasteiger partial charge is 0.376 e. The molecule has 1 aliphatic rings. The highest BCUT2D eigenvalue weighted by Gasteiger charge is 2.23. The standard InChI is InChI=1S/C29H43NS/c1-9-12-28(23(5)16-11-15-22(4)14-10-13-21(2)3)31-25-17-18-27-26(19-25)24(6)20-29(7,8)30-27/h12,15,17-21,23,28,30H,1,10-11,13-14,16H2,2-8H3/b22-15+. The van der Waals surface area contributed by atoms with Gasteiger partial charge in [0, 0.05) is 21.4 Å². The van der Waals surface area contributed by atoms with Gasteiger partial charge in [-0.1, -0.05) is 51.5 Å². The van der Waals surface area contributed by atoms with Gasteiger partial charge in [0.25, 0.3) is 0 Å². The third-order valence-corrected chi connectivity index (χ3v) is 7.43. The molecule has 0 aromatic heterocycles. The monoisotopic (exact) mass is 437 g/mol. The van der Waals surface area contributed by atoms with Gasteiger partial charge in [-0.15, -0.1) is 17.5 Å². The maximum Gasteiger partial charge on any atom is 0.0505 e. The molecule has 2 atom stereocenters. The molecule has 2 heteroatoms. The number of hydrogen-bond donors (Lipinski definition) is 1. The van der Waals surface area contributed by atoms with E-state index in [2.05, 4.69) is 103 Å². The Bertz CT molecular complexity index is 836. The molecule has 1 aromatic rings. The first-order chi connectivity index (χ1) is 14.6. The molecule has 2 rings (SSSR count). The highest BCUT2D eigenvalue weighted by Crippen LogP contribution is 2.38. The first-order valence-corrected chi connectivity index (χ1v) is 12.8. The summed E-state index contributed by atoms with van der Waals surface area (Å²) in [5, 5.41) is 4.02. The first kappa shape index (κ1) is 25.6. The lowest BCUT2D eigenvalue weighted by atomic mass is 9.91. The number of fused-ring (bicyclic) bond motifs is 1. The van der Waals surface area contributed by atoms with E-state index in [9.17, 15) is 0 Å². The summed E-state index contributed by atoms with van der Waals surface area (Å²) in [6.07, 6.45) is 13.2. The molecule has 0 bridgehead atoms. The molecule has 0 amide bonds. The molecular formula is C29H43NS. The van der Waals surface area contributed by atoms with Crippen molar-refractivity contribution in [3.05, 3.63) is 59.9 Å². The van der Waals surface area contributed by atoms with Crippen LogP contribution < -0.4 is 5.32 Å². The van der Waals surface area contributed by atoms with Crippen LogP contribution in [-0.2, 0) is 0 Å². The summed E-state index contributed by atoms with van der Waals surface area (Å²) in [6, 6.07) is 6.82. The third kappa shape index (κ3) is 8.43. The lowest BCUT2D eigenvalue weighted by molar-refractivity contribution is 0.547. The van der Waals surface area contributed by atoms with Crippen molar-refractivity contribution in [2.24, 2.45) is 11.8 Å². The van der Waals surface area contributed by atoms with E-state index in [4.69, 9.17) is 0 Å². The van der Waals surface area contributed by atoms with Crippen molar-refractivity contribution in [3.63, 3.8) is 0 Å². The van der Waals surface area contributed by atoms with Gasteiger partial charge in [-0.3, -0.25) is 0 Å². The molecule has 31 heavy (non-hydrogen) atoms. The van der Waals surface area contributed by atoms with Crippen molar-refractivity contribution in [1.29, 1.82) is 0 Å². The molecule has 1 aliphatic heterocycles. The molecule has 0 fully saturated rings. The van der Waals surface area contributed by atoms with Crippen LogP contribution >= 0.6 is 11.8 Å².